The maximum atomic E-state index is 12.1. The predicted molar refractivity (Wildman–Crippen MR) is 65.9 cm³/mol. The maximum absolute atomic E-state index is 12.1. The van der Waals surface area contributed by atoms with Crippen LogP contribution in [0, 0.1) is 0 Å². The number of piperazine rings is 1. The molecule has 1 unspecified atom stereocenters. The van der Waals surface area contributed by atoms with Gasteiger partial charge in [0.05, 0.1) is 12.6 Å². The summed E-state index contributed by atoms with van der Waals surface area (Å²) >= 11 is 0. The lowest BCUT2D eigenvalue weighted by Crippen LogP contribution is -2.49. The van der Waals surface area contributed by atoms with Gasteiger partial charge in [0, 0.05) is 46.4 Å². The highest BCUT2D eigenvalue weighted by atomic mass is 16.5. The Morgan fingerprint density at radius 3 is 2.53 bits per heavy atom. The van der Waals surface area contributed by atoms with E-state index in [9.17, 15) is 4.79 Å². The van der Waals surface area contributed by atoms with Crippen molar-refractivity contribution in [2.45, 2.75) is 12.5 Å². The normalized spacial score (nSPS) is 27.6. The van der Waals surface area contributed by atoms with Crippen molar-refractivity contribution >= 4 is 5.91 Å². The Labute approximate surface area is 103 Å². The molecule has 17 heavy (non-hydrogen) atoms. The second kappa shape index (κ2) is 5.80. The van der Waals surface area contributed by atoms with Crippen molar-refractivity contribution in [2.75, 3.05) is 60.0 Å². The molecule has 0 aromatic carbocycles. The van der Waals surface area contributed by atoms with Crippen LogP contribution < -0.4 is 0 Å². The minimum Gasteiger partial charge on any atom is -0.380 e. The SMILES string of the molecule is COC1CCN(CC(=O)N2CCN(C)CC2)C1. The van der Waals surface area contributed by atoms with Gasteiger partial charge in [-0.05, 0) is 13.5 Å². The minimum atomic E-state index is 0.273. The maximum Gasteiger partial charge on any atom is 0.236 e. The zero-order chi connectivity index (χ0) is 12.3. The second-order valence-electron chi connectivity index (χ2n) is 5.07. The van der Waals surface area contributed by atoms with Gasteiger partial charge in [-0.2, -0.15) is 0 Å². The molecular weight excluding hydrogens is 218 g/mol. The van der Waals surface area contributed by atoms with E-state index in [0.29, 0.717) is 12.6 Å². The number of hydrogen-bond acceptors (Lipinski definition) is 4. The van der Waals surface area contributed by atoms with E-state index >= 15 is 0 Å². The van der Waals surface area contributed by atoms with Crippen LogP contribution in [0.15, 0.2) is 0 Å². The van der Waals surface area contributed by atoms with Gasteiger partial charge in [0.25, 0.3) is 0 Å². The first-order valence-corrected chi connectivity index (χ1v) is 6.40. The van der Waals surface area contributed by atoms with E-state index in [4.69, 9.17) is 4.74 Å². The van der Waals surface area contributed by atoms with Crippen molar-refractivity contribution in [2.24, 2.45) is 0 Å². The highest BCUT2D eigenvalue weighted by Gasteiger charge is 2.26. The van der Waals surface area contributed by atoms with Crippen LogP contribution in [0.3, 0.4) is 0 Å². The fraction of sp³-hybridized carbons (Fsp3) is 0.917. The van der Waals surface area contributed by atoms with Gasteiger partial charge in [-0.15, -0.1) is 0 Å². The quantitative estimate of drug-likeness (QED) is 0.666. The number of likely N-dealkylation sites (N-methyl/N-ethyl adjacent to an activating group) is 1. The molecule has 2 aliphatic rings. The summed E-state index contributed by atoms with van der Waals surface area (Å²) in [6.45, 7) is 6.17. The van der Waals surface area contributed by atoms with E-state index in [0.717, 1.165) is 45.7 Å². The van der Waals surface area contributed by atoms with Crippen LogP contribution in [0.2, 0.25) is 0 Å². The summed E-state index contributed by atoms with van der Waals surface area (Å²) in [4.78, 5) is 18.5. The Morgan fingerprint density at radius 1 is 1.24 bits per heavy atom. The summed E-state index contributed by atoms with van der Waals surface area (Å²) in [5, 5.41) is 0. The average Bonchev–Trinajstić information content (AvgIpc) is 2.77. The molecule has 5 nitrogen and oxygen atoms in total. The molecular formula is C12H23N3O2. The number of nitrogens with zero attached hydrogens (tertiary/aromatic N) is 3. The number of ether oxygens (including phenoxy) is 1. The number of carbonyl (C=O) groups excluding carboxylic acids is 1. The highest BCUT2D eigenvalue weighted by molar-refractivity contribution is 5.78. The van der Waals surface area contributed by atoms with Crippen molar-refractivity contribution in [3.05, 3.63) is 0 Å². The third kappa shape index (κ3) is 3.40. The fourth-order valence-corrected chi connectivity index (χ4v) is 2.48. The Bertz CT molecular complexity index is 264. The van der Waals surface area contributed by atoms with Gasteiger partial charge >= 0.3 is 0 Å². The molecule has 0 aromatic heterocycles. The largest absolute Gasteiger partial charge is 0.380 e. The predicted octanol–water partition coefficient (Wildman–Crippen LogP) is -0.519. The molecule has 1 amide bonds. The number of amides is 1. The van der Waals surface area contributed by atoms with Crippen LogP contribution in [0.1, 0.15) is 6.42 Å². The molecule has 2 rings (SSSR count). The molecule has 98 valence electrons. The molecule has 2 heterocycles. The number of hydrogen-bond donors (Lipinski definition) is 0. The molecule has 0 radical (unpaired) electrons. The Morgan fingerprint density at radius 2 is 1.94 bits per heavy atom. The molecule has 0 saturated carbocycles. The standard InChI is InChI=1S/C12H23N3O2/c1-13-5-7-15(8-6-13)12(16)10-14-4-3-11(9-14)17-2/h11H,3-10H2,1-2H3. The highest BCUT2D eigenvalue weighted by Crippen LogP contribution is 2.12. The molecule has 2 aliphatic heterocycles. The first-order valence-electron chi connectivity index (χ1n) is 6.40. The van der Waals surface area contributed by atoms with Crippen LogP contribution in [0.25, 0.3) is 0 Å². The lowest BCUT2D eigenvalue weighted by atomic mass is 10.3. The molecule has 0 aromatic rings. The van der Waals surface area contributed by atoms with Crippen molar-refractivity contribution < 1.29 is 9.53 Å². The van der Waals surface area contributed by atoms with E-state index in [2.05, 4.69) is 16.8 Å². The molecule has 2 saturated heterocycles. The van der Waals surface area contributed by atoms with E-state index in [1.807, 2.05) is 4.90 Å². The summed E-state index contributed by atoms with van der Waals surface area (Å²) in [7, 11) is 3.85. The summed E-state index contributed by atoms with van der Waals surface area (Å²) in [6.07, 6.45) is 1.36. The van der Waals surface area contributed by atoms with Crippen LogP contribution in [0.5, 0.6) is 0 Å². The third-order valence-corrected chi connectivity index (χ3v) is 3.78. The van der Waals surface area contributed by atoms with Crippen molar-refractivity contribution in [1.82, 2.24) is 14.7 Å². The number of likely N-dealkylation sites (tertiary alicyclic amines) is 1. The zero-order valence-corrected chi connectivity index (χ0v) is 10.9. The van der Waals surface area contributed by atoms with Gasteiger partial charge in [-0.1, -0.05) is 0 Å². The Kier molecular flexibility index (Phi) is 4.36. The van der Waals surface area contributed by atoms with Gasteiger partial charge in [-0.3, -0.25) is 9.69 Å². The smallest absolute Gasteiger partial charge is 0.236 e. The lowest BCUT2D eigenvalue weighted by Gasteiger charge is -2.33. The first kappa shape index (κ1) is 12.8. The molecule has 5 heteroatoms. The molecule has 0 N–H and O–H groups in total. The minimum absolute atomic E-state index is 0.273. The zero-order valence-electron chi connectivity index (χ0n) is 10.9. The third-order valence-electron chi connectivity index (χ3n) is 3.78. The van der Waals surface area contributed by atoms with Gasteiger partial charge in [-0.25, -0.2) is 0 Å². The van der Waals surface area contributed by atoms with E-state index < -0.39 is 0 Å². The average molecular weight is 241 g/mol. The number of carbonyl (C=O) groups is 1. The number of rotatable bonds is 3. The summed E-state index contributed by atoms with van der Waals surface area (Å²) < 4.78 is 5.31. The number of methoxy groups -OCH3 is 1. The van der Waals surface area contributed by atoms with Crippen molar-refractivity contribution in [3.8, 4) is 0 Å². The fourth-order valence-electron chi connectivity index (χ4n) is 2.48. The molecule has 0 bridgehead atoms. The van der Waals surface area contributed by atoms with Gasteiger partial charge in [0.2, 0.25) is 5.91 Å². The molecule has 1 atom stereocenters. The van der Waals surface area contributed by atoms with Crippen LogP contribution in [0.4, 0.5) is 0 Å². The Hall–Kier alpha value is -0.650. The summed E-state index contributed by atoms with van der Waals surface area (Å²) in [5.41, 5.74) is 0. The van der Waals surface area contributed by atoms with E-state index in [1.54, 1.807) is 7.11 Å². The summed E-state index contributed by atoms with van der Waals surface area (Å²) in [6, 6.07) is 0. The van der Waals surface area contributed by atoms with Crippen molar-refractivity contribution in [3.63, 3.8) is 0 Å². The second-order valence-corrected chi connectivity index (χ2v) is 5.07. The summed E-state index contributed by atoms with van der Waals surface area (Å²) in [5.74, 6) is 0.273. The van der Waals surface area contributed by atoms with Crippen molar-refractivity contribution in [1.29, 1.82) is 0 Å². The Balaban J connectivity index is 1.74. The van der Waals surface area contributed by atoms with Gasteiger partial charge in [0.15, 0.2) is 0 Å². The lowest BCUT2D eigenvalue weighted by molar-refractivity contribution is -0.133. The molecule has 0 spiro atoms. The van der Waals surface area contributed by atoms with Gasteiger partial charge in [0.1, 0.15) is 0 Å². The van der Waals surface area contributed by atoms with Crippen LogP contribution in [-0.4, -0.2) is 86.7 Å². The molecule has 2 fully saturated rings. The van der Waals surface area contributed by atoms with E-state index in [1.165, 1.54) is 0 Å². The first-order chi connectivity index (χ1) is 8.19. The molecule has 0 aliphatic carbocycles. The van der Waals surface area contributed by atoms with E-state index in [-0.39, 0.29) is 5.91 Å². The monoisotopic (exact) mass is 241 g/mol. The van der Waals surface area contributed by atoms with Crippen LogP contribution in [-0.2, 0) is 9.53 Å². The van der Waals surface area contributed by atoms with Crippen LogP contribution >= 0.6 is 0 Å². The van der Waals surface area contributed by atoms with Gasteiger partial charge < -0.3 is 14.5 Å². The topological polar surface area (TPSA) is 36.0 Å².